The van der Waals surface area contributed by atoms with E-state index in [1.54, 1.807) is 18.4 Å². The van der Waals surface area contributed by atoms with Gasteiger partial charge in [0, 0.05) is 32.2 Å². The Bertz CT molecular complexity index is 947. The minimum Gasteiger partial charge on any atom is -0.497 e. The number of rotatable bonds is 4. The summed E-state index contributed by atoms with van der Waals surface area (Å²) in [5, 5.41) is 3.33. The van der Waals surface area contributed by atoms with Gasteiger partial charge >= 0.3 is 0 Å². The van der Waals surface area contributed by atoms with Crippen LogP contribution in [0.2, 0.25) is 0 Å². The first kappa shape index (κ1) is 16.7. The third-order valence-electron chi connectivity index (χ3n) is 4.85. The lowest BCUT2D eigenvalue weighted by Crippen LogP contribution is -2.09. The van der Waals surface area contributed by atoms with Crippen molar-refractivity contribution >= 4 is 27.3 Å². The minimum absolute atomic E-state index is 0.0162. The Labute approximate surface area is 160 Å². The molecule has 25 heavy (non-hydrogen) atoms. The number of halogens is 1. The van der Waals surface area contributed by atoms with Crippen molar-refractivity contribution in [3.05, 3.63) is 62.1 Å². The SMILES string of the molecule is COc1ccc(Br)c(C2(c3nc(-c4ccc(C)nc4C)cs3)CC2)c1. The van der Waals surface area contributed by atoms with Crippen LogP contribution in [-0.2, 0) is 5.41 Å². The van der Waals surface area contributed by atoms with E-state index in [-0.39, 0.29) is 5.41 Å². The molecule has 0 saturated heterocycles. The van der Waals surface area contributed by atoms with E-state index in [2.05, 4.69) is 44.5 Å². The summed E-state index contributed by atoms with van der Waals surface area (Å²) >= 11 is 5.46. The standard InChI is InChI=1S/C20H19BrN2OS/c1-12-4-6-15(13(2)22-12)18-11-25-19(23-18)20(8-9-20)16-10-14(24-3)5-7-17(16)21/h4-7,10-11H,8-9H2,1-3H3. The average molecular weight is 415 g/mol. The first-order chi connectivity index (χ1) is 12.0. The van der Waals surface area contributed by atoms with Crippen LogP contribution in [0, 0.1) is 13.8 Å². The second kappa shape index (κ2) is 6.22. The quantitative estimate of drug-likeness (QED) is 0.551. The first-order valence-electron chi connectivity index (χ1n) is 8.28. The van der Waals surface area contributed by atoms with Gasteiger partial charge in [-0.05, 0) is 62.6 Å². The van der Waals surface area contributed by atoms with E-state index in [4.69, 9.17) is 9.72 Å². The molecule has 128 valence electrons. The molecule has 3 nitrogen and oxygen atoms in total. The molecule has 1 aromatic carbocycles. The molecular weight excluding hydrogens is 396 g/mol. The Hall–Kier alpha value is -1.72. The number of aromatic nitrogens is 2. The largest absolute Gasteiger partial charge is 0.497 e. The van der Waals surface area contributed by atoms with Gasteiger partial charge in [0.15, 0.2) is 0 Å². The predicted octanol–water partition coefficient (Wildman–Crippen LogP) is 5.67. The van der Waals surface area contributed by atoms with E-state index < -0.39 is 0 Å². The fourth-order valence-corrected chi connectivity index (χ4v) is 5.02. The second-order valence-corrected chi connectivity index (χ2v) is 8.26. The van der Waals surface area contributed by atoms with Crippen molar-refractivity contribution < 1.29 is 4.74 Å². The second-order valence-electron chi connectivity index (χ2n) is 6.55. The molecule has 2 aromatic heterocycles. The first-order valence-corrected chi connectivity index (χ1v) is 9.95. The Morgan fingerprint density at radius 1 is 1.12 bits per heavy atom. The highest BCUT2D eigenvalue weighted by molar-refractivity contribution is 9.10. The van der Waals surface area contributed by atoms with Gasteiger partial charge in [-0.3, -0.25) is 4.98 Å². The molecule has 0 atom stereocenters. The number of ether oxygens (including phenoxy) is 1. The van der Waals surface area contributed by atoms with Gasteiger partial charge < -0.3 is 4.74 Å². The summed E-state index contributed by atoms with van der Waals surface area (Å²) in [5.74, 6) is 0.889. The van der Waals surface area contributed by atoms with E-state index >= 15 is 0 Å². The number of aryl methyl sites for hydroxylation is 2. The summed E-state index contributed by atoms with van der Waals surface area (Å²) in [6, 6.07) is 10.4. The molecule has 1 aliphatic rings. The number of hydrogen-bond donors (Lipinski definition) is 0. The molecule has 0 N–H and O–H groups in total. The predicted molar refractivity (Wildman–Crippen MR) is 106 cm³/mol. The summed E-state index contributed by atoms with van der Waals surface area (Å²) in [5.41, 5.74) is 5.50. The Kier molecular flexibility index (Phi) is 4.16. The minimum atomic E-state index is 0.0162. The number of thiazole rings is 1. The Balaban J connectivity index is 1.75. The number of nitrogens with zero attached hydrogens (tertiary/aromatic N) is 2. The van der Waals surface area contributed by atoms with Crippen LogP contribution in [0.4, 0.5) is 0 Å². The van der Waals surface area contributed by atoms with Crippen LogP contribution >= 0.6 is 27.3 Å². The summed E-state index contributed by atoms with van der Waals surface area (Å²) in [6.07, 6.45) is 2.24. The van der Waals surface area contributed by atoms with Gasteiger partial charge in [-0.15, -0.1) is 11.3 Å². The monoisotopic (exact) mass is 414 g/mol. The van der Waals surface area contributed by atoms with Crippen LogP contribution in [0.15, 0.2) is 40.2 Å². The van der Waals surface area contributed by atoms with E-state index in [1.807, 2.05) is 26.0 Å². The van der Waals surface area contributed by atoms with E-state index in [0.29, 0.717) is 0 Å². The molecule has 0 aliphatic heterocycles. The third kappa shape index (κ3) is 2.89. The van der Waals surface area contributed by atoms with Gasteiger partial charge in [0.25, 0.3) is 0 Å². The van der Waals surface area contributed by atoms with Crippen molar-refractivity contribution in [2.75, 3.05) is 7.11 Å². The summed E-state index contributed by atoms with van der Waals surface area (Å²) in [4.78, 5) is 9.57. The van der Waals surface area contributed by atoms with Crippen LogP contribution in [0.1, 0.15) is 34.8 Å². The summed E-state index contributed by atoms with van der Waals surface area (Å²) < 4.78 is 6.55. The lowest BCUT2D eigenvalue weighted by molar-refractivity contribution is 0.414. The Morgan fingerprint density at radius 3 is 2.60 bits per heavy atom. The maximum Gasteiger partial charge on any atom is 0.119 e. The van der Waals surface area contributed by atoms with E-state index in [0.717, 1.165) is 45.7 Å². The topological polar surface area (TPSA) is 35.0 Å². The fourth-order valence-electron chi connectivity index (χ4n) is 3.30. The van der Waals surface area contributed by atoms with Crippen molar-refractivity contribution in [3.63, 3.8) is 0 Å². The number of pyridine rings is 1. The van der Waals surface area contributed by atoms with Gasteiger partial charge in [-0.2, -0.15) is 0 Å². The van der Waals surface area contributed by atoms with Gasteiger partial charge in [0.1, 0.15) is 10.8 Å². The molecule has 1 aliphatic carbocycles. The van der Waals surface area contributed by atoms with Crippen molar-refractivity contribution in [3.8, 4) is 17.0 Å². The van der Waals surface area contributed by atoms with Crippen LogP contribution in [0.5, 0.6) is 5.75 Å². The smallest absolute Gasteiger partial charge is 0.119 e. The van der Waals surface area contributed by atoms with Crippen LogP contribution in [0.3, 0.4) is 0 Å². The molecule has 0 amide bonds. The molecular formula is C20H19BrN2OS. The lowest BCUT2D eigenvalue weighted by atomic mass is 9.96. The number of hydrogen-bond acceptors (Lipinski definition) is 4. The van der Waals surface area contributed by atoms with Crippen molar-refractivity contribution in [2.45, 2.75) is 32.1 Å². The van der Waals surface area contributed by atoms with Gasteiger partial charge in [0.2, 0.25) is 0 Å². The summed E-state index contributed by atoms with van der Waals surface area (Å²) in [6.45, 7) is 4.07. The molecule has 1 saturated carbocycles. The van der Waals surface area contributed by atoms with Gasteiger partial charge in [-0.25, -0.2) is 4.98 Å². The zero-order valence-electron chi connectivity index (χ0n) is 14.5. The van der Waals surface area contributed by atoms with Crippen LogP contribution in [-0.4, -0.2) is 17.1 Å². The van der Waals surface area contributed by atoms with Crippen molar-refractivity contribution in [2.24, 2.45) is 0 Å². The highest BCUT2D eigenvalue weighted by Gasteiger charge is 2.49. The van der Waals surface area contributed by atoms with E-state index in [1.165, 1.54) is 10.6 Å². The highest BCUT2D eigenvalue weighted by atomic mass is 79.9. The Morgan fingerprint density at radius 2 is 1.92 bits per heavy atom. The van der Waals surface area contributed by atoms with Gasteiger partial charge in [0.05, 0.1) is 12.8 Å². The molecule has 1 fully saturated rings. The number of methoxy groups -OCH3 is 1. The normalized spacial score (nSPS) is 15.2. The summed E-state index contributed by atoms with van der Waals surface area (Å²) in [7, 11) is 1.71. The van der Waals surface area contributed by atoms with Crippen LogP contribution in [0.25, 0.3) is 11.3 Å². The zero-order chi connectivity index (χ0) is 17.6. The zero-order valence-corrected chi connectivity index (χ0v) is 16.9. The molecule has 4 rings (SSSR count). The molecule has 3 aromatic rings. The van der Waals surface area contributed by atoms with E-state index in [9.17, 15) is 0 Å². The highest BCUT2D eigenvalue weighted by Crippen LogP contribution is 2.57. The molecule has 0 spiro atoms. The maximum absolute atomic E-state index is 5.42. The van der Waals surface area contributed by atoms with Gasteiger partial charge in [-0.1, -0.05) is 15.9 Å². The average Bonchev–Trinajstić information content (AvgIpc) is 3.25. The number of benzene rings is 1. The molecule has 0 unspecified atom stereocenters. The molecule has 0 bridgehead atoms. The van der Waals surface area contributed by atoms with Crippen molar-refractivity contribution in [1.82, 2.24) is 9.97 Å². The molecule has 0 radical (unpaired) electrons. The molecule has 2 heterocycles. The third-order valence-corrected chi connectivity index (χ3v) is 6.59. The van der Waals surface area contributed by atoms with Crippen LogP contribution < -0.4 is 4.74 Å². The lowest BCUT2D eigenvalue weighted by Gasteiger charge is -2.16. The fraction of sp³-hybridized carbons (Fsp3) is 0.300. The van der Waals surface area contributed by atoms with Crippen molar-refractivity contribution in [1.29, 1.82) is 0 Å². The molecule has 5 heteroatoms. The maximum atomic E-state index is 5.42.